The quantitative estimate of drug-likeness (QED) is 0.915. The Hall–Kier alpha value is -2.30. The van der Waals surface area contributed by atoms with Crippen molar-refractivity contribution in [3.63, 3.8) is 0 Å². The van der Waals surface area contributed by atoms with Crippen molar-refractivity contribution in [2.45, 2.75) is 20.4 Å². The van der Waals surface area contributed by atoms with Gasteiger partial charge in [0.05, 0.1) is 18.5 Å². The molecule has 0 radical (unpaired) electrons. The summed E-state index contributed by atoms with van der Waals surface area (Å²) >= 11 is 0. The number of benzene rings is 1. The van der Waals surface area contributed by atoms with Gasteiger partial charge in [-0.2, -0.15) is 5.10 Å². The van der Waals surface area contributed by atoms with E-state index in [0.717, 1.165) is 11.4 Å². The van der Waals surface area contributed by atoms with Crippen molar-refractivity contribution in [1.29, 1.82) is 0 Å². The number of aromatic nitrogens is 2. The first-order valence-corrected chi connectivity index (χ1v) is 6.04. The molecule has 2 rings (SSSR count). The molecule has 0 fully saturated rings. The van der Waals surface area contributed by atoms with E-state index < -0.39 is 0 Å². The minimum Gasteiger partial charge on any atom is -0.495 e. The van der Waals surface area contributed by atoms with E-state index in [-0.39, 0.29) is 12.5 Å². The van der Waals surface area contributed by atoms with E-state index in [9.17, 15) is 4.79 Å². The lowest BCUT2D eigenvalue weighted by atomic mass is 10.3. The summed E-state index contributed by atoms with van der Waals surface area (Å²) in [5, 5.41) is 7.08. The fraction of sp³-hybridized carbons (Fsp3) is 0.286. The highest BCUT2D eigenvalue weighted by Crippen LogP contribution is 2.22. The Morgan fingerprint density at radius 3 is 2.74 bits per heavy atom. The average molecular weight is 259 g/mol. The maximum absolute atomic E-state index is 12.0. The number of amides is 1. The van der Waals surface area contributed by atoms with Gasteiger partial charge in [0.1, 0.15) is 12.3 Å². The Kier molecular flexibility index (Phi) is 3.85. The molecule has 1 N–H and O–H groups in total. The van der Waals surface area contributed by atoms with Crippen molar-refractivity contribution in [2.75, 3.05) is 12.4 Å². The number of methoxy groups -OCH3 is 1. The molecule has 0 unspecified atom stereocenters. The molecule has 0 bridgehead atoms. The van der Waals surface area contributed by atoms with Crippen LogP contribution in [0.25, 0.3) is 0 Å². The number of hydrogen-bond donors (Lipinski definition) is 1. The average Bonchev–Trinajstić information content (AvgIpc) is 2.68. The third kappa shape index (κ3) is 3.13. The van der Waals surface area contributed by atoms with Gasteiger partial charge in [0.25, 0.3) is 0 Å². The van der Waals surface area contributed by atoms with Gasteiger partial charge in [0.15, 0.2) is 0 Å². The lowest BCUT2D eigenvalue weighted by Gasteiger charge is -2.10. The lowest BCUT2D eigenvalue weighted by Crippen LogP contribution is -2.20. The molecule has 1 aromatic heterocycles. The number of nitrogens with zero attached hydrogens (tertiary/aromatic N) is 2. The van der Waals surface area contributed by atoms with Gasteiger partial charge in [-0.05, 0) is 32.0 Å². The molecule has 0 spiro atoms. The molecule has 2 aromatic rings. The molecule has 0 aliphatic rings. The van der Waals surface area contributed by atoms with Crippen LogP contribution in [0.15, 0.2) is 30.3 Å². The summed E-state index contributed by atoms with van der Waals surface area (Å²) in [6, 6.07) is 9.25. The highest BCUT2D eigenvalue weighted by atomic mass is 16.5. The Morgan fingerprint density at radius 2 is 2.11 bits per heavy atom. The second-order valence-electron chi connectivity index (χ2n) is 4.33. The first-order valence-electron chi connectivity index (χ1n) is 6.04. The van der Waals surface area contributed by atoms with Gasteiger partial charge in [0, 0.05) is 5.69 Å². The molecular formula is C14H17N3O2. The first kappa shape index (κ1) is 13.1. The zero-order valence-corrected chi connectivity index (χ0v) is 11.3. The zero-order valence-electron chi connectivity index (χ0n) is 11.3. The lowest BCUT2D eigenvalue weighted by molar-refractivity contribution is -0.116. The Morgan fingerprint density at radius 1 is 1.37 bits per heavy atom. The van der Waals surface area contributed by atoms with E-state index in [1.165, 1.54) is 0 Å². The number of ether oxygens (including phenoxy) is 1. The summed E-state index contributed by atoms with van der Waals surface area (Å²) in [6.07, 6.45) is 0. The number of carbonyl (C=O) groups excluding carboxylic acids is 1. The van der Waals surface area contributed by atoms with Crippen molar-refractivity contribution in [1.82, 2.24) is 9.78 Å². The summed E-state index contributed by atoms with van der Waals surface area (Å²) in [4.78, 5) is 12.0. The second kappa shape index (κ2) is 5.56. The molecule has 1 amide bonds. The fourth-order valence-electron chi connectivity index (χ4n) is 1.91. The monoisotopic (exact) mass is 259 g/mol. The van der Waals surface area contributed by atoms with Crippen LogP contribution < -0.4 is 10.1 Å². The minimum absolute atomic E-state index is 0.129. The summed E-state index contributed by atoms with van der Waals surface area (Å²) < 4.78 is 6.87. The first-order chi connectivity index (χ1) is 9.10. The standard InChI is InChI=1S/C14H17N3O2/c1-10-8-11(2)17(16-10)9-14(18)15-12-6-4-5-7-13(12)19-3/h4-8H,9H2,1-3H3,(H,15,18). The van der Waals surface area contributed by atoms with Crippen LogP contribution in [0.3, 0.4) is 0 Å². The van der Waals surface area contributed by atoms with Gasteiger partial charge in [-0.15, -0.1) is 0 Å². The predicted molar refractivity (Wildman–Crippen MR) is 73.3 cm³/mol. The van der Waals surface area contributed by atoms with Crippen LogP contribution in [0.5, 0.6) is 5.75 Å². The van der Waals surface area contributed by atoms with Crippen molar-refractivity contribution in [3.05, 3.63) is 41.7 Å². The smallest absolute Gasteiger partial charge is 0.246 e. The van der Waals surface area contributed by atoms with Crippen molar-refractivity contribution in [3.8, 4) is 5.75 Å². The van der Waals surface area contributed by atoms with Crippen LogP contribution in [0, 0.1) is 13.8 Å². The zero-order chi connectivity index (χ0) is 13.8. The van der Waals surface area contributed by atoms with E-state index >= 15 is 0 Å². The molecular weight excluding hydrogens is 242 g/mol. The van der Waals surface area contributed by atoms with Crippen LogP contribution in [0.2, 0.25) is 0 Å². The highest BCUT2D eigenvalue weighted by molar-refractivity contribution is 5.92. The number of anilines is 1. The largest absolute Gasteiger partial charge is 0.495 e. The Balaban J connectivity index is 2.07. The van der Waals surface area contributed by atoms with Crippen molar-refractivity contribution < 1.29 is 9.53 Å². The molecule has 0 saturated carbocycles. The predicted octanol–water partition coefficient (Wildman–Crippen LogP) is 2.15. The van der Waals surface area contributed by atoms with Crippen LogP contribution in [0.1, 0.15) is 11.4 Å². The van der Waals surface area contributed by atoms with Crippen LogP contribution in [-0.4, -0.2) is 22.8 Å². The summed E-state index contributed by atoms with van der Waals surface area (Å²) in [6.45, 7) is 4.02. The highest BCUT2D eigenvalue weighted by Gasteiger charge is 2.09. The van der Waals surface area contributed by atoms with Gasteiger partial charge in [-0.25, -0.2) is 0 Å². The van der Waals surface area contributed by atoms with Crippen LogP contribution >= 0.6 is 0 Å². The third-order valence-corrected chi connectivity index (χ3v) is 2.78. The third-order valence-electron chi connectivity index (χ3n) is 2.78. The second-order valence-corrected chi connectivity index (χ2v) is 4.33. The molecule has 0 atom stereocenters. The maximum Gasteiger partial charge on any atom is 0.246 e. The molecule has 1 aromatic carbocycles. The summed E-state index contributed by atoms with van der Waals surface area (Å²) in [5.74, 6) is 0.514. The minimum atomic E-state index is -0.129. The summed E-state index contributed by atoms with van der Waals surface area (Å²) in [7, 11) is 1.58. The number of carbonyl (C=O) groups is 1. The van der Waals surface area contributed by atoms with E-state index in [0.29, 0.717) is 11.4 Å². The van der Waals surface area contributed by atoms with E-state index in [1.54, 1.807) is 23.9 Å². The SMILES string of the molecule is COc1ccccc1NC(=O)Cn1nc(C)cc1C. The van der Waals surface area contributed by atoms with Crippen LogP contribution in [0.4, 0.5) is 5.69 Å². The van der Waals surface area contributed by atoms with Crippen molar-refractivity contribution in [2.24, 2.45) is 0 Å². The van der Waals surface area contributed by atoms with Gasteiger partial charge in [-0.1, -0.05) is 12.1 Å². The van der Waals surface area contributed by atoms with Crippen molar-refractivity contribution >= 4 is 11.6 Å². The van der Waals surface area contributed by atoms with Crippen LogP contribution in [-0.2, 0) is 11.3 Å². The molecule has 5 nitrogen and oxygen atoms in total. The molecule has 0 aliphatic carbocycles. The fourth-order valence-corrected chi connectivity index (χ4v) is 1.91. The van der Waals surface area contributed by atoms with E-state index in [2.05, 4.69) is 10.4 Å². The molecule has 0 aliphatic heterocycles. The number of rotatable bonds is 4. The van der Waals surface area contributed by atoms with Gasteiger partial charge < -0.3 is 10.1 Å². The molecule has 0 saturated heterocycles. The Labute approximate surface area is 112 Å². The van der Waals surface area contributed by atoms with Gasteiger partial charge in [0.2, 0.25) is 5.91 Å². The van der Waals surface area contributed by atoms with E-state index in [4.69, 9.17) is 4.74 Å². The van der Waals surface area contributed by atoms with Gasteiger partial charge >= 0.3 is 0 Å². The topological polar surface area (TPSA) is 56.1 Å². The van der Waals surface area contributed by atoms with E-state index in [1.807, 2.05) is 32.0 Å². The number of aryl methyl sites for hydroxylation is 2. The molecule has 19 heavy (non-hydrogen) atoms. The Bertz CT molecular complexity index is 590. The number of nitrogens with one attached hydrogen (secondary N) is 1. The molecule has 100 valence electrons. The maximum atomic E-state index is 12.0. The normalized spacial score (nSPS) is 10.3. The summed E-state index contributed by atoms with van der Waals surface area (Å²) in [5.41, 5.74) is 2.53. The number of hydrogen-bond acceptors (Lipinski definition) is 3. The molecule has 5 heteroatoms. The van der Waals surface area contributed by atoms with Gasteiger partial charge in [-0.3, -0.25) is 9.48 Å². The number of para-hydroxylation sites is 2. The molecule has 1 heterocycles.